The van der Waals surface area contributed by atoms with Crippen molar-refractivity contribution in [3.8, 4) is 0 Å². The maximum absolute atomic E-state index is 12.6. The van der Waals surface area contributed by atoms with Crippen LogP contribution in [0.5, 0.6) is 0 Å². The van der Waals surface area contributed by atoms with E-state index in [0.29, 0.717) is 24.1 Å². The molecule has 0 saturated heterocycles. The van der Waals surface area contributed by atoms with Crippen LogP contribution in [0.1, 0.15) is 213 Å². The molecule has 0 aromatic rings. The fraction of sp³-hybridized carbons (Fsp3) is 0.857. The number of phosphoric acid groups is 1. The Kier molecular flexibility index (Phi) is 41.5. The Morgan fingerprint density at radius 2 is 0.948 bits per heavy atom. The molecular weight excluding hydrogens is 746 g/mol. The van der Waals surface area contributed by atoms with Crippen molar-refractivity contribution in [3.63, 3.8) is 0 Å². The summed E-state index contributed by atoms with van der Waals surface area (Å²) < 4.78 is 35.0. The molecule has 0 aliphatic carbocycles. The molecule has 9 heteroatoms. The number of quaternary nitrogens is 1. The fourth-order valence-electron chi connectivity index (χ4n) is 6.68. The molecule has 0 spiro atoms. The molecule has 0 aromatic carbocycles. The van der Waals surface area contributed by atoms with Crippen LogP contribution in [0.3, 0.4) is 0 Å². The lowest BCUT2D eigenvalue weighted by Gasteiger charge is -2.24. The highest BCUT2D eigenvalue weighted by atomic mass is 31.2. The number of ether oxygens (including phenoxy) is 2. The van der Waals surface area contributed by atoms with Crippen molar-refractivity contribution in [3.05, 3.63) is 36.5 Å². The second-order valence-electron chi connectivity index (χ2n) is 17.5. The zero-order valence-corrected chi connectivity index (χ0v) is 39.7. The number of hydrogen-bond acceptors (Lipinski definition) is 6. The Morgan fingerprint density at radius 3 is 1.41 bits per heavy atom. The monoisotopic (exact) mass is 841 g/mol. The predicted octanol–water partition coefficient (Wildman–Crippen LogP) is 14.6. The van der Waals surface area contributed by atoms with Gasteiger partial charge in [-0.1, -0.05) is 192 Å². The first-order valence-electron chi connectivity index (χ1n) is 24.2. The number of unbranched alkanes of at least 4 members (excludes halogenated alkanes) is 25. The van der Waals surface area contributed by atoms with E-state index >= 15 is 0 Å². The van der Waals surface area contributed by atoms with Gasteiger partial charge in [0.2, 0.25) is 0 Å². The molecule has 0 aliphatic rings. The van der Waals surface area contributed by atoms with Crippen molar-refractivity contribution in [2.75, 3.05) is 54.1 Å². The fourth-order valence-corrected chi connectivity index (χ4v) is 7.42. The lowest BCUT2D eigenvalue weighted by molar-refractivity contribution is -0.870. The van der Waals surface area contributed by atoms with E-state index in [0.717, 1.165) is 44.9 Å². The normalized spacial score (nSPS) is 14.0. The first kappa shape index (κ1) is 56.7. The van der Waals surface area contributed by atoms with Crippen molar-refractivity contribution in [2.24, 2.45) is 0 Å². The molecule has 1 N–H and O–H groups in total. The third-order valence-electron chi connectivity index (χ3n) is 10.5. The Morgan fingerprint density at radius 1 is 0.534 bits per heavy atom. The van der Waals surface area contributed by atoms with Crippen LogP contribution in [-0.4, -0.2) is 75.6 Å². The highest BCUT2D eigenvalue weighted by molar-refractivity contribution is 7.47. The molecule has 0 aromatic heterocycles. The second kappa shape index (κ2) is 42.4. The van der Waals surface area contributed by atoms with Crippen LogP contribution in [0.4, 0.5) is 0 Å². The number of carbonyl (C=O) groups is 1. The topological polar surface area (TPSA) is 91.3 Å². The third-order valence-corrected chi connectivity index (χ3v) is 11.4. The molecule has 2 unspecified atom stereocenters. The molecule has 0 rings (SSSR count). The first-order valence-corrected chi connectivity index (χ1v) is 25.7. The maximum Gasteiger partial charge on any atom is 0.472 e. The Labute approximate surface area is 359 Å². The van der Waals surface area contributed by atoms with Crippen molar-refractivity contribution in [2.45, 2.75) is 219 Å². The van der Waals surface area contributed by atoms with Crippen LogP contribution < -0.4 is 0 Å². The number of rotatable bonds is 45. The van der Waals surface area contributed by atoms with Crippen LogP contribution in [0.25, 0.3) is 0 Å². The van der Waals surface area contributed by atoms with Gasteiger partial charge >= 0.3 is 13.8 Å². The number of hydrogen-bond donors (Lipinski definition) is 1. The molecule has 342 valence electrons. The molecule has 0 radical (unpaired) electrons. The number of allylic oxidation sites excluding steroid dienone is 6. The Hall–Kier alpha value is -1.28. The van der Waals surface area contributed by atoms with Gasteiger partial charge in [0.1, 0.15) is 19.3 Å². The Balaban J connectivity index is 4.03. The largest absolute Gasteiger partial charge is 0.472 e. The van der Waals surface area contributed by atoms with Crippen LogP contribution in [0, 0.1) is 0 Å². The summed E-state index contributed by atoms with van der Waals surface area (Å²) in [6.07, 6.45) is 50.5. The molecule has 8 nitrogen and oxygen atoms in total. The molecular formula is C49H95NO7P+. The molecule has 58 heavy (non-hydrogen) atoms. The summed E-state index contributed by atoms with van der Waals surface area (Å²) in [7, 11) is 1.67. The second-order valence-corrected chi connectivity index (χ2v) is 19.0. The average molecular weight is 841 g/mol. The van der Waals surface area contributed by atoms with Gasteiger partial charge in [0.15, 0.2) is 0 Å². The van der Waals surface area contributed by atoms with Crippen molar-refractivity contribution in [1.82, 2.24) is 0 Å². The predicted molar refractivity (Wildman–Crippen MR) is 247 cm³/mol. The van der Waals surface area contributed by atoms with Crippen molar-refractivity contribution in [1.29, 1.82) is 0 Å². The molecule has 0 amide bonds. The minimum absolute atomic E-state index is 0.0891. The van der Waals surface area contributed by atoms with E-state index in [9.17, 15) is 14.3 Å². The van der Waals surface area contributed by atoms with Gasteiger partial charge in [-0.2, -0.15) is 0 Å². The molecule has 0 aliphatic heterocycles. The number of carbonyl (C=O) groups excluding carboxylic acids is 1. The van der Waals surface area contributed by atoms with Crippen LogP contribution >= 0.6 is 7.82 Å². The van der Waals surface area contributed by atoms with E-state index in [1.54, 1.807) is 0 Å². The van der Waals surface area contributed by atoms with E-state index < -0.39 is 13.9 Å². The minimum Gasteiger partial charge on any atom is -0.457 e. The van der Waals surface area contributed by atoms with Gasteiger partial charge < -0.3 is 18.9 Å². The standard InChI is InChI=1S/C49H94NO7P/c1-6-8-10-12-14-16-18-19-20-21-22-23-24-25-26-27-28-29-30-31-32-33-35-37-39-41-44-54-46-48(47-56-58(52,53)55-45-43-50(3,4)5)57-49(51)42-40-38-36-34-17-15-13-11-9-7-2/h18-19,21-22,24-25,48H,6-17,20,23,26-47H2,1-5H3/p+1/b19-18-,22-21-,25-24-. The number of phosphoric ester groups is 1. The van der Waals surface area contributed by atoms with Gasteiger partial charge in [0.05, 0.1) is 34.4 Å². The lowest BCUT2D eigenvalue weighted by Crippen LogP contribution is -2.37. The Bertz CT molecular complexity index is 1020. The molecule has 0 fully saturated rings. The highest BCUT2D eigenvalue weighted by Gasteiger charge is 2.26. The van der Waals surface area contributed by atoms with Gasteiger partial charge in [-0.15, -0.1) is 0 Å². The molecule has 0 saturated carbocycles. The van der Waals surface area contributed by atoms with E-state index in [4.69, 9.17) is 18.5 Å². The van der Waals surface area contributed by atoms with Crippen molar-refractivity contribution < 1.29 is 37.3 Å². The lowest BCUT2D eigenvalue weighted by atomic mass is 10.1. The van der Waals surface area contributed by atoms with E-state index in [1.807, 2.05) is 21.1 Å². The van der Waals surface area contributed by atoms with Crippen LogP contribution in [-0.2, 0) is 27.9 Å². The summed E-state index contributed by atoms with van der Waals surface area (Å²) in [6.45, 7) is 5.61. The average Bonchev–Trinajstić information content (AvgIpc) is 3.18. The highest BCUT2D eigenvalue weighted by Crippen LogP contribution is 2.43. The van der Waals surface area contributed by atoms with Gasteiger partial charge in [-0.25, -0.2) is 4.57 Å². The van der Waals surface area contributed by atoms with Crippen molar-refractivity contribution >= 4 is 13.8 Å². The SMILES string of the molecule is CCCCCCC/C=C\C/C=C\C/C=C\CCCCCCCCCCCCCOCC(COP(=O)(O)OCC[N+](C)(C)C)OC(=O)CCCCCCCCCCCC. The van der Waals surface area contributed by atoms with Crippen LogP contribution in [0.2, 0.25) is 0 Å². The van der Waals surface area contributed by atoms with Gasteiger partial charge in [0.25, 0.3) is 0 Å². The van der Waals surface area contributed by atoms with E-state index in [2.05, 4.69) is 50.3 Å². The van der Waals surface area contributed by atoms with Gasteiger partial charge in [-0.3, -0.25) is 13.8 Å². The summed E-state index contributed by atoms with van der Waals surface area (Å²) in [5.41, 5.74) is 0. The summed E-state index contributed by atoms with van der Waals surface area (Å²) >= 11 is 0. The summed E-state index contributed by atoms with van der Waals surface area (Å²) in [5.74, 6) is -0.316. The van der Waals surface area contributed by atoms with Crippen LogP contribution in [0.15, 0.2) is 36.5 Å². The number of likely N-dealkylation sites (N-methyl/N-ethyl adjacent to an activating group) is 1. The number of esters is 1. The molecule has 0 bridgehead atoms. The summed E-state index contributed by atoms with van der Waals surface area (Å²) in [6, 6.07) is 0. The zero-order chi connectivity index (χ0) is 42.7. The summed E-state index contributed by atoms with van der Waals surface area (Å²) in [4.78, 5) is 22.8. The number of nitrogens with zero attached hydrogens (tertiary/aromatic N) is 1. The van der Waals surface area contributed by atoms with Gasteiger partial charge in [0, 0.05) is 13.0 Å². The smallest absolute Gasteiger partial charge is 0.457 e. The zero-order valence-electron chi connectivity index (χ0n) is 38.8. The quantitative estimate of drug-likeness (QED) is 0.0215. The maximum atomic E-state index is 12.6. The van der Waals surface area contributed by atoms with E-state index in [1.165, 1.54) is 148 Å². The first-order chi connectivity index (χ1) is 28.1. The van der Waals surface area contributed by atoms with E-state index in [-0.39, 0.29) is 25.8 Å². The molecule has 2 atom stereocenters. The third kappa shape index (κ3) is 45.8. The minimum atomic E-state index is -4.27. The van der Waals surface area contributed by atoms with Gasteiger partial charge in [-0.05, 0) is 51.4 Å². The molecule has 0 heterocycles. The summed E-state index contributed by atoms with van der Waals surface area (Å²) in [5, 5.41) is 0.